The van der Waals surface area contributed by atoms with Gasteiger partial charge in [-0.1, -0.05) is 139 Å². The van der Waals surface area contributed by atoms with Gasteiger partial charge in [0.1, 0.15) is 18.2 Å². The van der Waals surface area contributed by atoms with Gasteiger partial charge in [0.25, 0.3) is 0 Å². The summed E-state index contributed by atoms with van der Waals surface area (Å²) in [5.41, 5.74) is 12.9. The molecule has 5 nitrogen and oxygen atoms in total. The van der Waals surface area contributed by atoms with Crippen LogP contribution >= 0.6 is 0 Å². The lowest BCUT2D eigenvalue weighted by Gasteiger charge is -2.27. The van der Waals surface area contributed by atoms with Crippen LogP contribution in [0.5, 0.6) is 11.5 Å². The van der Waals surface area contributed by atoms with E-state index in [0.717, 1.165) is 35.2 Å². The number of anilines is 6. The highest BCUT2D eigenvalue weighted by Crippen LogP contribution is 2.52. The predicted octanol–water partition coefficient (Wildman–Crippen LogP) is 13.3. The van der Waals surface area contributed by atoms with Crippen molar-refractivity contribution in [2.24, 2.45) is 0 Å². The maximum absolute atomic E-state index is 6.62. The molecule has 0 saturated heterocycles. The largest absolute Gasteiger partial charge is 0.457 e. The van der Waals surface area contributed by atoms with E-state index < -0.39 is 0 Å². The van der Waals surface area contributed by atoms with Gasteiger partial charge in [-0.15, -0.1) is 0 Å². The van der Waals surface area contributed by atoms with Crippen LogP contribution in [-0.2, 0) is 0 Å². The van der Waals surface area contributed by atoms with Gasteiger partial charge >= 0.3 is 0 Å². The molecule has 0 bridgehead atoms. The van der Waals surface area contributed by atoms with Crippen LogP contribution in [0.4, 0.5) is 34.1 Å². The number of ether oxygens (including phenoxy) is 1. The molecule has 56 heavy (non-hydrogen) atoms. The smallest absolute Gasteiger partial charge is 0.129 e. The molecule has 0 spiro atoms. The molecule has 0 unspecified atom stereocenters. The van der Waals surface area contributed by atoms with E-state index in [1.807, 2.05) is 12.1 Å². The van der Waals surface area contributed by atoms with Crippen molar-refractivity contribution in [3.63, 3.8) is 0 Å². The minimum absolute atomic E-state index is 0.630. The van der Waals surface area contributed by atoms with Crippen LogP contribution in [-0.4, -0.2) is 13.3 Å². The van der Waals surface area contributed by atoms with Crippen molar-refractivity contribution in [3.05, 3.63) is 206 Å². The zero-order chi connectivity index (χ0) is 37.4. The molecule has 0 saturated carbocycles. The average molecular weight is 725 g/mol. The second-order valence-corrected chi connectivity index (χ2v) is 14.4. The molecule has 8 aromatic rings. The second kappa shape index (κ2) is 14.2. The summed E-state index contributed by atoms with van der Waals surface area (Å²) in [6.45, 7) is 3.48. The van der Waals surface area contributed by atoms with Gasteiger partial charge < -0.3 is 24.3 Å². The van der Waals surface area contributed by atoms with Crippen molar-refractivity contribution >= 4 is 44.9 Å². The molecule has 10 rings (SSSR count). The molecule has 0 radical (unpaired) electrons. The number of rotatable bonds is 8. The molecule has 0 fully saturated rings. The minimum atomic E-state index is 0.630. The molecule has 2 aliphatic heterocycles. The molecule has 0 N–H and O–H groups in total. The summed E-state index contributed by atoms with van der Waals surface area (Å²) in [5.74, 6) is 1.58. The fraction of sp³-hybridized carbons (Fsp3) is 0.0588. The first-order valence-electron chi connectivity index (χ1n) is 19.1. The molecule has 8 aromatic carbocycles. The van der Waals surface area contributed by atoms with Gasteiger partial charge in [0.05, 0.1) is 23.7 Å². The van der Waals surface area contributed by atoms with Gasteiger partial charge in [0.15, 0.2) is 0 Å². The first-order chi connectivity index (χ1) is 27.7. The number of fused-ring (bicyclic) bond motifs is 3. The van der Waals surface area contributed by atoms with Gasteiger partial charge in [-0.25, -0.2) is 0 Å². The Kier molecular flexibility index (Phi) is 8.45. The average Bonchev–Trinajstić information content (AvgIpc) is 3.91. The van der Waals surface area contributed by atoms with E-state index in [9.17, 15) is 0 Å². The zero-order valence-electron chi connectivity index (χ0n) is 31.2. The third-order valence-corrected chi connectivity index (χ3v) is 10.8. The summed E-state index contributed by atoms with van der Waals surface area (Å²) >= 11 is 0. The molecule has 2 heterocycles. The fourth-order valence-electron chi connectivity index (χ4n) is 8.04. The molecule has 0 atom stereocenters. The van der Waals surface area contributed by atoms with E-state index in [2.05, 4.69) is 215 Å². The molecule has 5 heteroatoms. The van der Waals surface area contributed by atoms with Crippen molar-refractivity contribution in [1.82, 2.24) is 0 Å². The van der Waals surface area contributed by atoms with E-state index >= 15 is 0 Å². The summed E-state index contributed by atoms with van der Waals surface area (Å²) in [6.07, 6.45) is 4.25. The van der Waals surface area contributed by atoms with Crippen LogP contribution < -0.4 is 24.3 Å². The van der Waals surface area contributed by atoms with Crippen LogP contribution in [0.1, 0.15) is 5.56 Å². The first-order valence-corrected chi connectivity index (χ1v) is 19.1. The van der Waals surface area contributed by atoms with E-state index in [1.165, 1.54) is 55.7 Å². The van der Waals surface area contributed by atoms with Gasteiger partial charge in [-0.2, -0.15) is 0 Å². The van der Waals surface area contributed by atoms with Crippen LogP contribution in [0.15, 0.2) is 200 Å². The van der Waals surface area contributed by atoms with Crippen LogP contribution in [0.3, 0.4) is 0 Å². The number of nitrogens with zero attached hydrogens (tertiary/aromatic N) is 4. The first kappa shape index (κ1) is 33.3. The fourth-order valence-corrected chi connectivity index (χ4v) is 8.04. The molecular formula is C51H40N4O. The van der Waals surface area contributed by atoms with Crippen LogP contribution in [0.2, 0.25) is 0 Å². The Morgan fingerprint density at radius 3 is 1.71 bits per heavy atom. The monoisotopic (exact) mass is 724 g/mol. The Morgan fingerprint density at radius 2 is 1.02 bits per heavy atom. The Bertz CT molecular complexity index is 2650. The van der Waals surface area contributed by atoms with Crippen LogP contribution in [0, 0.1) is 6.92 Å². The summed E-state index contributed by atoms with van der Waals surface area (Å²) in [4.78, 5) is 9.41. The Labute approximate surface area is 328 Å². The van der Waals surface area contributed by atoms with Gasteiger partial charge in [-0.3, -0.25) is 0 Å². The highest BCUT2D eigenvalue weighted by Gasteiger charge is 2.33. The molecule has 0 aliphatic carbocycles. The number of hydrogen-bond donors (Lipinski definition) is 0. The molecular weight excluding hydrogens is 685 g/mol. The van der Waals surface area contributed by atoms with Crippen molar-refractivity contribution in [3.8, 4) is 33.8 Å². The third kappa shape index (κ3) is 6.19. The molecule has 270 valence electrons. The zero-order valence-corrected chi connectivity index (χ0v) is 31.2. The van der Waals surface area contributed by atoms with Gasteiger partial charge in [-0.05, 0) is 65.9 Å². The number of aryl methyl sites for hydroxylation is 1. The lowest BCUT2D eigenvalue weighted by Crippen LogP contribution is -2.25. The summed E-state index contributed by atoms with van der Waals surface area (Å²) in [6, 6.07) is 66.9. The predicted molar refractivity (Wildman–Crippen MR) is 234 cm³/mol. The van der Waals surface area contributed by atoms with Crippen molar-refractivity contribution < 1.29 is 4.74 Å². The lowest BCUT2D eigenvalue weighted by molar-refractivity contribution is 0.483. The van der Waals surface area contributed by atoms with Gasteiger partial charge in [0, 0.05) is 58.1 Å². The van der Waals surface area contributed by atoms with Gasteiger partial charge in [0.2, 0.25) is 0 Å². The van der Waals surface area contributed by atoms with Crippen LogP contribution in [0.25, 0.3) is 33.0 Å². The maximum atomic E-state index is 6.62. The second-order valence-electron chi connectivity index (χ2n) is 14.4. The van der Waals surface area contributed by atoms with E-state index in [4.69, 9.17) is 4.74 Å². The van der Waals surface area contributed by atoms with E-state index in [1.54, 1.807) is 0 Å². The summed E-state index contributed by atoms with van der Waals surface area (Å²) in [7, 11) is 0. The maximum Gasteiger partial charge on any atom is 0.129 e. The Hall–Kier alpha value is -7.24. The Balaban J connectivity index is 1.01. The number of para-hydroxylation sites is 1. The van der Waals surface area contributed by atoms with Crippen molar-refractivity contribution in [2.45, 2.75) is 6.92 Å². The standard InChI is InChI=1S/C51H40N4O/c1-37-25-28-41(29-26-37)52-31-32-53(35-52)42-18-10-20-44(33-42)56-45-21-11-19-43(34-45)54-36-55(51-48-22-9-8-17-40(48)27-30-49(51)54)50-46(38-13-4-2-5-14-38)23-12-24-47(50)39-15-6-3-7-16-39/h2-34H,35-36H2,1H3. The minimum Gasteiger partial charge on any atom is -0.457 e. The summed E-state index contributed by atoms with van der Waals surface area (Å²) in [5, 5.41) is 2.43. The van der Waals surface area contributed by atoms with Crippen molar-refractivity contribution in [2.75, 3.05) is 32.9 Å². The molecule has 0 aromatic heterocycles. The normalized spacial score (nSPS) is 13.4. The lowest BCUT2D eigenvalue weighted by atomic mass is 9.94. The summed E-state index contributed by atoms with van der Waals surface area (Å²) < 4.78 is 6.62. The Morgan fingerprint density at radius 1 is 0.429 bits per heavy atom. The van der Waals surface area contributed by atoms with E-state index in [-0.39, 0.29) is 0 Å². The number of benzene rings is 8. The topological polar surface area (TPSA) is 22.2 Å². The number of hydrogen-bond acceptors (Lipinski definition) is 5. The third-order valence-electron chi connectivity index (χ3n) is 10.8. The molecule has 0 amide bonds. The molecule has 2 aliphatic rings. The quantitative estimate of drug-likeness (QED) is 0.155. The highest BCUT2D eigenvalue weighted by atomic mass is 16.5. The van der Waals surface area contributed by atoms with Crippen molar-refractivity contribution in [1.29, 1.82) is 0 Å². The van der Waals surface area contributed by atoms with E-state index in [0.29, 0.717) is 6.67 Å². The highest BCUT2D eigenvalue weighted by molar-refractivity contribution is 6.09. The SMILES string of the molecule is Cc1ccc(N2C=CN(c3cccc(Oc4cccc(N5CN(c6c(-c7ccccc7)cccc6-c6ccccc6)c6c5ccc5ccccc65)c4)c3)C2)cc1.